The smallest absolute Gasteiger partial charge is 0.118 e. The molecule has 1 N–H and O–H groups in total. The summed E-state index contributed by atoms with van der Waals surface area (Å²) in [5.74, 6) is 0.987. The monoisotopic (exact) mass is 172 g/mol. The van der Waals surface area contributed by atoms with Crippen molar-refractivity contribution in [3.8, 4) is 0 Å². The standard InChI is InChI=1S/C12H12O/c1-8-2-4-12-5-3-11(13)9(7-12)6-10(8)12/h2-6,8,13H,7H2,1H3. The quantitative estimate of drug-likeness (QED) is 0.557. The number of aliphatic hydroxyl groups excluding tert-OH is 1. The summed E-state index contributed by atoms with van der Waals surface area (Å²) in [6.07, 6.45) is 11.6. The maximum atomic E-state index is 9.56. The molecule has 3 rings (SSSR count). The highest BCUT2D eigenvalue weighted by molar-refractivity contribution is 5.55. The third kappa shape index (κ3) is 0.724. The minimum absolute atomic E-state index is 0.140. The molecule has 0 heterocycles. The van der Waals surface area contributed by atoms with Crippen LogP contribution in [0.5, 0.6) is 0 Å². The fraction of sp³-hybridized carbons (Fsp3) is 0.333. The van der Waals surface area contributed by atoms with Gasteiger partial charge < -0.3 is 5.11 Å². The van der Waals surface area contributed by atoms with Crippen LogP contribution in [0.25, 0.3) is 0 Å². The summed E-state index contributed by atoms with van der Waals surface area (Å²) in [5, 5.41) is 9.56. The van der Waals surface area contributed by atoms with Crippen LogP contribution in [-0.4, -0.2) is 5.11 Å². The van der Waals surface area contributed by atoms with Gasteiger partial charge in [0.15, 0.2) is 0 Å². The average molecular weight is 172 g/mol. The van der Waals surface area contributed by atoms with Crippen LogP contribution >= 0.6 is 0 Å². The topological polar surface area (TPSA) is 20.2 Å². The summed E-state index contributed by atoms with van der Waals surface area (Å²) in [7, 11) is 0. The molecule has 0 aromatic rings. The largest absolute Gasteiger partial charge is 0.508 e. The minimum atomic E-state index is 0.140. The Balaban J connectivity index is 2.22. The molecule has 0 amide bonds. The second-order valence-electron chi connectivity index (χ2n) is 4.21. The number of aliphatic hydroxyl groups is 1. The highest BCUT2D eigenvalue weighted by atomic mass is 16.3. The predicted octanol–water partition coefficient (Wildman–Crippen LogP) is 2.89. The fourth-order valence-corrected chi connectivity index (χ4v) is 2.63. The number of fused-ring (bicyclic) bond motifs is 1. The van der Waals surface area contributed by atoms with E-state index in [-0.39, 0.29) is 5.41 Å². The van der Waals surface area contributed by atoms with Gasteiger partial charge in [-0.1, -0.05) is 31.2 Å². The molecular weight excluding hydrogens is 160 g/mol. The van der Waals surface area contributed by atoms with Gasteiger partial charge in [0.2, 0.25) is 0 Å². The van der Waals surface area contributed by atoms with E-state index in [1.54, 1.807) is 0 Å². The number of allylic oxidation sites excluding steroid dienone is 7. The van der Waals surface area contributed by atoms with Crippen molar-refractivity contribution in [2.24, 2.45) is 11.3 Å². The van der Waals surface area contributed by atoms with Gasteiger partial charge in [-0.3, -0.25) is 0 Å². The molecule has 0 fully saturated rings. The van der Waals surface area contributed by atoms with Crippen molar-refractivity contribution >= 4 is 0 Å². The van der Waals surface area contributed by atoms with E-state index < -0.39 is 0 Å². The van der Waals surface area contributed by atoms with Gasteiger partial charge in [0.05, 0.1) is 0 Å². The van der Waals surface area contributed by atoms with Crippen LogP contribution in [0.1, 0.15) is 13.3 Å². The van der Waals surface area contributed by atoms with Gasteiger partial charge in [-0.15, -0.1) is 0 Å². The number of hydrogen-bond donors (Lipinski definition) is 1. The van der Waals surface area contributed by atoms with E-state index in [9.17, 15) is 5.11 Å². The lowest BCUT2D eigenvalue weighted by Crippen LogP contribution is -2.14. The van der Waals surface area contributed by atoms with Crippen molar-refractivity contribution in [2.45, 2.75) is 13.3 Å². The molecule has 2 bridgehead atoms. The average Bonchev–Trinajstić information content (AvgIpc) is 2.58. The summed E-state index contributed by atoms with van der Waals surface area (Å²) in [4.78, 5) is 0. The minimum Gasteiger partial charge on any atom is -0.508 e. The summed E-state index contributed by atoms with van der Waals surface area (Å²) >= 11 is 0. The van der Waals surface area contributed by atoms with Gasteiger partial charge in [0.25, 0.3) is 0 Å². The van der Waals surface area contributed by atoms with Gasteiger partial charge in [-0.2, -0.15) is 0 Å². The second-order valence-corrected chi connectivity index (χ2v) is 4.21. The lowest BCUT2D eigenvalue weighted by molar-refractivity contribution is 0.414. The Bertz CT molecular complexity index is 395. The Labute approximate surface area is 77.8 Å². The molecule has 13 heavy (non-hydrogen) atoms. The molecule has 1 heteroatoms. The van der Waals surface area contributed by atoms with E-state index in [0.717, 1.165) is 12.0 Å². The van der Waals surface area contributed by atoms with Crippen LogP contribution in [0.4, 0.5) is 0 Å². The third-order valence-electron chi connectivity index (χ3n) is 3.39. The van der Waals surface area contributed by atoms with Crippen LogP contribution in [0.2, 0.25) is 0 Å². The molecule has 0 aliphatic heterocycles. The molecule has 2 atom stereocenters. The Morgan fingerprint density at radius 1 is 1.46 bits per heavy atom. The summed E-state index contributed by atoms with van der Waals surface area (Å²) in [5.41, 5.74) is 2.69. The van der Waals surface area contributed by atoms with Crippen molar-refractivity contribution < 1.29 is 5.11 Å². The molecule has 0 radical (unpaired) electrons. The first-order valence-corrected chi connectivity index (χ1v) is 4.74. The van der Waals surface area contributed by atoms with Gasteiger partial charge >= 0.3 is 0 Å². The molecule has 0 aromatic carbocycles. The van der Waals surface area contributed by atoms with Gasteiger partial charge in [0.1, 0.15) is 5.76 Å². The van der Waals surface area contributed by atoms with Crippen molar-refractivity contribution in [2.75, 3.05) is 0 Å². The molecule has 66 valence electrons. The molecule has 0 saturated heterocycles. The highest BCUT2D eigenvalue weighted by Gasteiger charge is 2.42. The highest BCUT2D eigenvalue weighted by Crippen LogP contribution is 2.54. The fourth-order valence-electron chi connectivity index (χ4n) is 2.63. The van der Waals surface area contributed by atoms with Crippen molar-refractivity contribution in [1.82, 2.24) is 0 Å². The van der Waals surface area contributed by atoms with Crippen LogP contribution in [-0.2, 0) is 0 Å². The first-order valence-electron chi connectivity index (χ1n) is 4.74. The zero-order valence-corrected chi connectivity index (χ0v) is 7.62. The van der Waals surface area contributed by atoms with E-state index in [1.807, 2.05) is 6.08 Å². The summed E-state index contributed by atoms with van der Waals surface area (Å²) < 4.78 is 0. The van der Waals surface area contributed by atoms with Crippen LogP contribution in [0, 0.1) is 11.3 Å². The molecule has 3 aliphatic rings. The summed E-state index contributed by atoms with van der Waals surface area (Å²) in [6, 6.07) is 0. The normalized spacial score (nSPS) is 39.8. The SMILES string of the molecule is CC1C=CC23C=CC(O)=C(C=C12)C3. The van der Waals surface area contributed by atoms with E-state index in [0.29, 0.717) is 11.7 Å². The Morgan fingerprint density at radius 2 is 2.31 bits per heavy atom. The Hall–Kier alpha value is -1.24. The van der Waals surface area contributed by atoms with Crippen molar-refractivity contribution in [3.05, 3.63) is 47.3 Å². The number of rotatable bonds is 0. The zero-order chi connectivity index (χ0) is 9.05. The predicted molar refractivity (Wildman–Crippen MR) is 52.2 cm³/mol. The van der Waals surface area contributed by atoms with E-state index in [2.05, 4.69) is 31.2 Å². The summed E-state index contributed by atoms with van der Waals surface area (Å²) in [6.45, 7) is 2.21. The third-order valence-corrected chi connectivity index (χ3v) is 3.39. The van der Waals surface area contributed by atoms with Gasteiger partial charge in [-0.25, -0.2) is 0 Å². The maximum absolute atomic E-state index is 9.56. The van der Waals surface area contributed by atoms with Crippen LogP contribution in [0.3, 0.4) is 0 Å². The maximum Gasteiger partial charge on any atom is 0.118 e. The zero-order valence-electron chi connectivity index (χ0n) is 7.62. The van der Waals surface area contributed by atoms with Crippen LogP contribution in [0.15, 0.2) is 47.3 Å². The van der Waals surface area contributed by atoms with E-state index >= 15 is 0 Å². The molecule has 0 aromatic heterocycles. The Morgan fingerprint density at radius 3 is 3.15 bits per heavy atom. The lowest BCUT2D eigenvalue weighted by atomic mass is 9.79. The molecular formula is C12H12O. The lowest BCUT2D eigenvalue weighted by Gasteiger charge is -2.24. The molecule has 1 nitrogen and oxygen atoms in total. The van der Waals surface area contributed by atoms with E-state index in [4.69, 9.17) is 0 Å². The Kier molecular flexibility index (Phi) is 1.09. The molecule has 3 aliphatic carbocycles. The first-order chi connectivity index (χ1) is 6.21. The van der Waals surface area contributed by atoms with Crippen LogP contribution < -0.4 is 0 Å². The van der Waals surface area contributed by atoms with E-state index in [1.165, 1.54) is 5.57 Å². The molecule has 2 unspecified atom stereocenters. The van der Waals surface area contributed by atoms with Crippen molar-refractivity contribution in [3.63, 3.8) is 0 Å². The van der Waals surface area contributed by atoms with Gasteiger partial charge in [0, 0.05) is 5.41 Å². The number of hydrogen-bond acceptors (Lipinski definition) is 1. The second kappa shape index (κ2) is 1.98. The first kappa shape index (κ1) is 7.19. The van der Waals surface area contributed by atoms with Gasteiger partial charge in [-0.05, 0) is 29.6 Å². The molecule has 1 spiro atoms. The molecule has 0 saturated carbocycles. The van der Waals surface area contributed by atoms with Crippen molar-refractivity contribution in [1.29, 1.82) is 0 Å².